The van der Waals surface area contributed by atoms with Gasteiger partial charge >= 0.3 is 5.97 Å². The molecule has 1 rings (SSSR count). The zero-order valence-corrected chi connectivity index (χ0v) is 11.0. The molecule has 0 saturated carbocycles. The van der Waals surface area contributed by atoms with Crippen molar-refractivity contribution in [3.63, 3.8) is 0 Å². The summed E-state index contributed by atoms with van der Waals surface area (Å²) in [6, 6.07) is 2.43. The van der Waals surface area contributed by atoms with Crippen LogP contribution in [0.4, 0.5) is 0 Å². The second kappa shape index (κ2) is 6.58. The number of rotatable bonds is 6. The molecule has 0 aliphatic carbocycles. The van der Waals surface area contributed by atoms with Gasteiger partial charge in [-0.25, -0.2) is 0 Å². The topological polar surface area (TPSA) is 81.8 Å². The van der Waals surface area contributed by atoms with Gasteiger partial charge < -0.3 is 20.3 Å². The number of nitrogens with two attached hydrogens (primary N) is 1. The van der Waals surface area contributed by atoms with Crippen molar-refractivity contribution in [2.24, 2.45) is 5.73 Å². The lowest BCUT2D eigenvalue weighted by molar-refractivity contribution is -0.138. The van der Waals surface area contributed by atoms with Gasteiger partial charge in [-0.1, -0.05) is 11.6 Å². The summed E-state index contributed by atoms with van der Waals surface area (Å²) in [5.74, 6) is -0.526. The standard InChI is InChI=1S/C12H16ClNO4/c1-17-6-8-5-11(18-2)9(13)3-7(8)4-10(14)12(15)16/h3,5,10H,4,6,14H2,1-2H3,(H,15,16). The van der Waals surface area contributed by atoms with Gasteiger partial charge in [-0.15, -0.1) is 0 Å². The van der Waals surface area contributed by atoms with Crippen LogP contribution in [0, 0.1) is 0 Å². The molecule has 1 atom stereocenters. The number of methoxy groups -OCH3 is 2. The first-order valence-electron chi connectivity index (χ1n) is 5.32. The monoisotopic (exact) mass is 273 g/mol. The third-order valence-electron chi connectivity index (χ3n) is 2.53. The van der Waals surface area contributed by atoms with Crippen molar-refractivity contribution in [2.45, 2.75) is 19.1 Å². The molecule has 0 saturated heterocycles. The molecule has 0 spiro atoms. The largest absolute Gasteiger partial charge is 0.495 e. The van der Waals surface area contributed by atoms with Crippen LogP contribution in [0.5, 0.6) is 5.75 Å². The summed E-state index contributed by atoms with van der Waals surface area (Å²) in [7, 11) is 3.07. The van der Waals surface area contributed by atoms with Crippen LogP contribution in [0.1, 0.15) is 11.1 Å². The van der Waals surface area contributed by atoms with E-state index in [4.69, 9.17) is 31.9 Å². The van der Waals surface area contributed by atoms with Crippen molar-refractivity contribution in [3.05, 3.63) is 28.3 Å². The highest BCUT2D eigenvalue weighted by atomic mass is 35.5. The minimum absolute atomic E-state index is 0.192. The molecule has 18 heavy (non-hydrogen) atoms. The number of carboxylic acid groups (broad SMARTS) is 1. The van der Waals surface area contributed by atoms with E-state index in [1.165, 1.54) is 7.11 Å². The Morgan fingerprint density at radius 1 is 1.44 bits per heavy atom. The van der Waals surface area contributed by atoms with Crippen molar-refractivity contribution in [1.29, 1.82) is 0 Å². The predicted octanol–water partition coefficient (Wildman–Crippen LogP) is 1.45. The number of hydrogen-bond donors (Lipinski definition) is 2. The molecule has 100 valence electrons. The molecule has 0 heterocycles. The number of ether oxygens (including phenoxy) is 2. The van der Waals surface area contributed by atoms with Gasteiger partial charge in [0.1, 0.15) is 11.8 Å². The summed E-state index contributed by atoms with van der Waals surface area (Å²) >= 11 is 6.01. The lowest BCUT2D eigenvalue weighted by atomic mass is 10.0. The highest BCUT2D eigenvalue weighted by molar-refractivity contribution is 6.32. The highest BCUT2D eigenvalue weighted by Gasteiger charge is 2.16. The Kier molecular flexibility index (Phi) is 5.40. The number of aliphatic carboxylic acids is 1. The van der Waals surface area contributed by atoms with Crippen molar-refractivity contribution >= 4 is 17.6 Å². The van der Waals surface area contributed by atoms with Crippen LogP contribution in [0.2, 0.25) is 5.02 Å². The van der Waals surface area contributed by atoms with E-state index in [0.717, 1.165) is 11.1 Å². The van der Waals surface area contributed by atoms with Gasteiger partial charge in [0.25, 0.3) is 0 Å². The number of benzene rings is 1. The fourth-order valence-corrected chi connectivity index (χ4v) is 1.86. The third kappa shape index (κ3) is 3.60. The quantitative estimate of drug-likeness (QED) is 0.820. The molecule has 1 aromatic rings. The third-order valence-corrected chi connectivity index (χ3v) is 2.83. The Labute approximate surface area is 110 Å². The van der Waals surface area contributed by atoms with Crippen LogP contribution in [-0.4, -0.2) is 31.3 Å². The van der Waals surface area contributed by atoms with Gasteiger partial charge in [0, 0.05) is 7.11 Å². The van der Waals surface area contributed by atoms with E-state index in [1.807, 2.05) is 0 Å². The first kappa shape index (κ1) is 14.8. The Balaban J connectivity index is 3.08. The van der Waals surface area contributed by atoms with Gasteiger partial charge in [0.2, 0.25) is 0 Å². The lowest BCUT2D eigenvalue weighted by Crippen LogP contribution is -2.32. The van der Waals surface area contributed by atoms with Crippen molar-refractivity contribution in [3.8, 4) is 5.75 Å². The van der Waals surface area contributed by atoms with Crippen LogP contribution >= 0.6 is 11.6 Å². The second-order valence-corrected chi connectivity index (χ2v) is 4.24. The van der Waals surface area contributed by atoms with Crippen molar-refractivity contribution < 1.29 is 19.4 Å². The first-order chi connectivity index (χ1) is 8.49. The molecule has 0 radical (unpaired) electrons. The molecule has 0 fully saturated rings. The molecule has 0 aromatic heterocycles. The van der Waals surface area contributed by atoms with Crippen LogP contribution in [-0.2, 0) is 22.6 Å². The minimum Gasteiger partial charge on any atom is -0.495 e. The van der Waals surface area contributed by atoms with Gasteiger partial charge in [-0.2, -0.15) is 0 Å². The van der Waals surface area contributed by atoms with Gasteiger partial charge in [0.15, 0.2) is 0 Å². The number of halogens is 1. The molecule has 0 bridgehead atoms. The summed E-state index contributed by atoms with van der Waals surface area (Å²) in [4.78, 5) is 10.8. The Morgan fingerprint density at radius 3 is 2.61 bits per heavy atom. The van der Waals surface area contributed by atoms with Crippen LogP contribution in [0.15, 0.2) is 12.1 Å². The number of carboxylic acids is 1. The molecule has 5 nitrogen and oxygen atoms in total. The zero-order chi connectivity index (χ0) is 13.7. The molecule has 1 unspecified atom stereocenters. The number of carbonyl (C=O) groups is 1. The average Bonchev–Trinajstić information content (AvgIpc) is 2.32. The summed E-state index contributed by atoms with van der Waals surface area (Å²) in [5.41, 5.74) is 7.08. The van der Waals surface area contributed by atoms with Crippen LogP contribution in [0.25, 0.3) is 0 Å². The summed E-state index contributed by atoms with van der Waals surface area (Å²) in [6.45, 7) is 0.342. The average molecular weight is 274 g/mol. The van der Waals surface area contributed by atoms with Crippen molar-refractivity contribution in [1.82, 2.24) is 0 Å². The lowest BCUT2D eigenvalue weighted by Gasteiger charge is -2.14. The van der Waals surface area contributed by atoms with Crippen molar-refractivity contribution in [2.75, 3.05) is 14.2 Å². The van der Waals surface area contributed by atoms with E-state index < -0.39 is 12.0 Å². The fourth-order valence-electron chi connectivity index (χ4n) is 1.60. The number of hydrogen-bond acceptors (Lipinski definition) is 4. The SMILES string of the molecule is COCc1cc(OC)c(Cl)cc1CC(N)C(=O)O. The molecular formula is C12H16ClNO4. The smallest absolute Gasteiger partial charge is 0.320 e. The maximum Gasteiger partial charge on any atom is 0.320 e. The highest BCUT2D eigenvalue weighted by Crippen LogP contribution is 2.29. The van der Waals surface area contributed by atoms with Gasteiger partial charge in [-0.05, 0) is 29.7 Å². The minimum atomic E-state index is -1.05. The molecule has 0 aliphatic heterocycles. The Hall–Kier alpha value is -1.30. The Bertz CT molecular complexity index is 436. The van der Waals surface area contributed by atoms with E-state index in [1.54, 1.807) is 19.2 Å². The molecule has 6 heteroatoms. The molecule has 0 amide bonds. The Morgan fingerprint density at radius 2 is 2.11 bits per heavy atom. The predicted molar refractivity (Wildman–Crippen MR) is 68.0 cm³/mol. The van der Waals surface area contributed by atoms with E-state index in [2.05, 4.69) is 0 Å². The maximum atomic E-state index is 10.8. The zero-order valence-electron chi connectivity index (χ0n) is 10.3. The molecular weight excluding hydrogens is 258 g/mol. The summed E-state index contributed by atoms with van der Waals surface area (Å²) < 4.78 is 10.2. The maximum absolute atomic E-state index is 10.8. The summed E-state index contributed by atoms with van der Waals surface area (Å²) in [5, 5.41) is 9.24. The first-order valence-corrected chi connectivity index (χ1v) is 5.70. The van der Waals surface area contributed by atoms with Crippen LogP contribution < -0.4 is 10.5 Å². The molecule has 0 aliphatic rings. The van der Waals surface area contributed by atoms with E-state index in [0.29, 0.717) is 17.4 Å². The molecule has 3 N–H and O–H groups in total. The van der Waals surface area contributed by atoms with E-state index in [-0.39, 0.29) is 6.42 Å². The second-order valence-electron chi connectivity index (χ2n) is 3.84. The normalized spacial score (nSPS) is 12.2. The van der Waals surface area contributed by atoms with Gasteiger partial charge in [0.05, 0.1) is 18.7 Å². The molecule has 1 aromatic carbocycles. The van der Waals surface area contributed by atoms with Gasteiger partial charge in [-0.3, -0.25) is 4.79 Å². The fraction of sp³-hybridized carbons (Fsp3) is 0.417. The van der Waals surface area contributed by atoms with E-state index >= 15 is 0 Å². The van der Waals surface area contributed by atoms with Crippen LogP contribution in [0.3, 0.4) is 0 Å². The van der Waals surface area contributed by atoms with E-state index in [9.17, 15) is 4.79 Å². The summed E-state index contributed by atoms with van der Waals surface area (Å²) in [6.07, 6.45) is 0.192.